The zero-order valence-corrected chi connectivity index (χ0v) is 18.5. The predicted octanol–water partition coefficient (Wildman–Crippen LogP) is 4.49. The van der Waals surface area contributed by atoms with Crippen LogP contribution in [-0.2, 0) is 4.79 Å². The summed E-state index contributed by atoms with van der Waals surface area (Å²) in [5.41, 5.74) is 2.88. The van der Waals surface area contributed by atoms with Crippen molar-refractivity contribution >= 4 is 23.2 Å². The number of fused-ring (bicyclic) bond motifs is 1. The molecule has 0 aliphatic carbocycles. The second-order valence-corrected chi connectivity index (χ2v) is 7.99. The highest BCUT2D eigenvalue weighted by atomic mass is 16.6. The van der Waals surface area contributed by atoms with Gasteiger partial charge in [-0.3, -0.25) is 14.9 Å². The average Bonchev–Trinajstić information content (AvgIpc) is 3.27. The number of nitrogens with one attached hydrogen (secondary N) is 2. The van der Waals surface area contributed by atoms with Gasteiger partial charge < -0.3 is 15.7 Å². The van der Waals surface area contributed by atoms with Gasteiger partial charge in [-0.15, -0.1) is 5.10 Å². The van der Waals surface area contributed by atoms with Crippen LogP contribution >= 0.6 is 0 Å². The molecule has 1 aliphatic heterocycles. The van der Waals surface area contributed by atoms with E-state index in [1.54, 1.807) is 60.1 Å². The second-order valence-electron chi connectivity index (χ2n) is 7.99. The summed E-state index contributed by atoms with van der Waals surface area (Å²) in [6.07, 6.45) is 0. The monoisotopic (exact) mass is 468 g/mol. The molecule has 1 amide bonds. The minimum atomic E-state index is -0.686. The fourth-order valence-corrected chi connectivity index (χ4v) is 3.98. The molecule has 2 heterocycles. The van der Waals surface area contributed by atoms with E-state index in [0.717, 1.165) is 0 Å². The van der Waals surface area contributed by atoms with Crippen molar-refractivity contribution in [3.8, 4) is 17.1 Å². The molecule has 10 heteroatoms. The number of anilines is 2. The molecular formula is C25H20N6O4. The molecule has 1 aromatic heterocycles. The van der Waals surface area contributed by atoms with Crippen LogP contribution in [0.4, 0.5) is 17.3 Å². The first-order valence-electron chi connectivity index (χ1n) is 10.7. The number of amides is 1. The number of rotatable bonds is 5. The summed E-state index contributed by atoms with van der Waals surface area (Å²) in [5.74, 6) is 0.607. The first-order valence-corrected chi connectivity index (χ1v) is 10.7. The van der Waals surface area contributed by atoms with Gasteiger partial charge in [-0.25, -0.2) is 4.68 Å². The first-order chi connectivity index (χ1) is 16.9. The Hall–Kier alpha value is -4.99. The van der Waals surface area contributed by atoms with Crippen LogP contribution in [0.15, 0.2) is 90.1 Å². The highest BCUT2D eigenvalue weighted by Crippen LogP contribution is 2.37. The van der Waals surface area contributed by atoms with Gasteiger partial charge in [0.2, 0.25) is 5.95 Å². The van der Waals surface area contributed by atoms with Gasteiger partial charge in [-0.2, -0.15) is 4.98 Å². The van der Waals surface area contributed by atoms with Crippen molar-refractivity contribution in [3.63, 3.8) is 0 Å². The summed E-state index contributed by atoms with van der Waals surface area (Å²) in [5, 5.41) is 31.5. The average molecular weight is 468 g/mol. The number of nitro groups is 1. The molecule has 1 atom stereocenters. The van der Waals surface area contributed by atoms with E-state index < -0.39 is 11.0 Å². The number of hydrogen-bond acceptors (Lipinski definition) is 7. The lowest BCUT2D eigenvalue weighted by Gasteiger charge is -2.28. The maximum absolute atomic E-state index is 13.5. The first kappa shape index (κ1) is 21.8. The number of para-hydroxylation sites is 1. The molecule has 174 valence electrons. The number of phenols is 1. The fraction of sp³-hybridized carbons (Fsp3) is 0.0800. The molecule has 0 fully saturated rings. The van der Waals surface area contributed by atoms with Gasteiger partial charge in [0.05, 0.1) is 10.5 Å². The molecule has 4 aromatic rings. The normalized spacial score (nSPS) is 14.7. The molecule has 10 nitrogen and oxygen atoms in total. The molecule has 1 unspecified atom stereocenters. The van der Waals surface area contributed by atoms with Crippen LogP contribution in [-0.4, -0.2) is 30.7 Å². The number of allylic oxidation sites excluding steroid dienone is 1. The number of benzene rings is 3. The number of nitrogens with zero attached hydrogens (tertiary/aromatic N) is 4. The number of carbonyl (C=O) groups is 1. The largest absolute Gasteiger partial charge is 0.508 e. The van der Waals surface area contributed by atoms with Gasteiger partial charge in [0.15, 0.2) is 5.82 Å². The van der Waals surface area contributed by atoms with E-state index in [1.165, 1.54) is 12.1 Å². The van der Waals surface area contributed by atoms with Crippen molar-refractivity contribution in [2.45, 2.75) is 13.0 Å². The lowest BCUT2D eigenvalue weighted by molar-refractivity contribution is -0.384. The van der Waals surface area contributed by atoms with Crippen LogP contribution in [0.25, 0.3) is 11.4 Å². The maximum atomic E-state index is 13.5. The van der Waals surface area contributed by atoms with Gasteiger partial charge in [0.1, 0.15) is 11.8 Å². The molecule has 1 aliphatic rings. The van der Waals surface area contributed by atoms with E-state index >= 15 is 0 Å². The predicted molar refractivity (Wildman–Crippen MR) is 130 cm³/mol. The Bertz CT molecular complexity index is 1440. The SMILES string of the molecule is CC1=C(C(=O)Nc2ccccc2)C(c2ccc([N+](=O)[O-])cc2)n2nc(-c3ccc(O)cc3)nc2N1. The standard InChI is InChI=1S/C25H20N6O4/c1-15-21(24(33)27-18-5-3-2-4-6-18)22(16-7-11-19(12-8-16)31(34)35)30-25(26-15)28-23(29-30)17-9-13-20(32)14-10-17/h2-14,22,32H,1H3,(H,27,33)(H,26,28,29). The summed E-state index contributed by atoms with van der Waals surface area (Å²) in [7, 11) is 0. The molecule has 3 aromatic carbocycles. The highest BCUT2D eigenvalue weighted by Gasteiger charge is 2.34. The number of nitro benzene ring substituents is 1. The third-order valence-corrected chi connectivity index (χ3v) is 5.67. The Balaban J connectivity index is 1.60. The van der Waals surface area contributed by atoms with Crippen molar-refractivity contribution in [1.29, 1.82) is 0 Å². The van der Waals surface area contributed by atoms with E-state index in [4.69, 9.17) is 0 Å². The zero-order chi connectivity index (χ0) is 24.5. The summed E-state index contributed by atoms with van der Waals surface area (Å²) < 4.78 is 1.59. The van der Waals surface area contributed by atoms with Crippen molar-refractivity contribution < 1.29 is 14.8 Å². The number of aromatic hydroxyl groups is 1. The minimum absolute atomic E-state index is 0.0535. The Morgan fingerprint density at radius 2 is 1.74 bits per heavy atom. The summed E-state index contributed by atoms with van der Waals surface area (Å²) in [4.78, 5) is 28.7. The summed E-state index contributed by atoms with van der Waals surface area (Å²) in [6.45, 7) is 1.77. The summed E-state index contributed by atoms with van der Waals surface area (Å²) in [6, 6.07) is 20.9. The highest BCUT2D eigenvalue weighted by molar-refractivity contribution is 6.06. The number of carbonyl (C=O) groups excluding carboxylic acids is 1. The van der Waals surface area contributed by atoms with E-state index in [9.17, 15) is 20.0 Å². The molecule has 0 spiro atoms. The van der Waals surface area contributed by atoms with E-state index in [0.29, 0.717) is 39.9 Å². The Kier molecular flexibility index (Phi) is 5.46. The van der Waals surface area contributed by atoms with Gasteiger partial charge in [-0.05, 0) is 61.0 Å². The minimum Gasteiger partial charge on any atom is -0.508 e. The molecule has 5 rings (SSSR count). The van der Waals surface area contributed by atoms with Crippen molar-refractivity contribution in [2.75, 3.05) is 10.6 Å². The number of phenolic OH excluding ortho intramolecular Hbond substituents is 1. The van der Waals surface area contributed by atoms with Crippen LogP contribution in [0.5, 0.6) is 5.75 Å². The smallest absolute Gasteiger partial charge is 0.269 e. The van der Waals surface area contributed by atoms with E-state index in [1.807, 2.05) is 18.2 Å². The van der Waals surface area contributed by atoms with E-state index in [-0.39, 0.29) is 17.3 Å². The van der Waals surface area contributed by atoms with Crippen molar-refractivity contribution in [1.82, 2.24) is 14.8 Å². The topological polar surface area (TPSA) is 135 Å². The molecular weight excluding hydrogens is 448 g/mol. The molecule has 0 saturated heterocycles. The van der Waals surface area contributed by atoms with Crippen LogP contribution in [0.2, 0.25) is 0 Å². The quantitative estimate of drug-likeness (QED) is 0.290. The molecule has 0 saturated carbocycles. The van der Waals surface area contributed by atoms with Gasteiger partial charge in [0, 0.05) is 29.1 Å². The Morgan fingerprint density at radius 3 is 2.40 bits per heavy atom. The summed E-state index contributed by atoms with van der Waals surface area (Å²) >= 11 is 0. The van der Waals surface area contributed by atoms with Crippen molar-refractivity contribution in [3.05, 3.63) is 106 Å². The number of non-ortho nitro benzene ring substituents is 1. The van der Waals surface area contributed by atoms with Gasteiger partial charge in [0.25, 0.3) is 11.6 Å². The van der Waals surface area contributed by atoms with Crippen LogP contribution in [0.1, 0.15) is 18.5 Å². The lowest BCUT2D eigenvalue weighted by Crippen LogP contribution is -2.31. The number of hydrogen-bond donors (Lipinski definition) is 3. The van der Waals surface area contributed by atoms with Crippen LogP contribution in [0.3, 0.4) is 0 Å². The lowest BCUT2D eigenvalue weighted by atomic mass is 9.95. The Morgan fingerprint density at radius 1 is 1.06 bits per heavy atom. The van der Waals surface area contributed by atoms with Crippen LogP contribution < -0.4 is 10.6 Å². The molecule has 3 N–H and O–H groups in total. The Labute approximate surface area is 199 Å². The van der Waals surface area contributed by atoms with Gasteiger partial charge in [-0.1, -0.05) is 18.2 Å². The third kappa shape index (κ3) is 4.20. The van der Waals surface area contributed by atoms with E-state index in [2.05, 4.69) is 20.7 Å². The zero-order valence-electron chi connectivity index (χ0n) is 18.5. The number of aromatic nitrogens is 3. The van der Waals surface area contributed by atoms with Gasteiger partial charge >= 0.3 is 0 Å². The van der Waals surface area contributed by atoms with Crippen molar-refractivity contribution in [2.24, 2.45) is 0 Å². The maximum Gasteiger partial charge on any atom is 0.269 e. The molecule has 0 bridgehead atoms. The second kappa shape index (κ2) is 8.75. The molecule has 0 radical (unpaired) electrons. The van der Waals surface area contributed by atoms with Crippen LogP contribution in [0, 0.1) is 10.1 Å². The molecule has 35 heavy (non-hydrogen) atoms. The fourth-order valence-electron chi connectivity index (χ4n) is 3.98. The third-order valence-electron chi connectivity index (χ3n) is 5.67.